The first-order valence-electron chi connectivity index (χ1n) is 5.59. The van der Waals surface area contributed by atoms with E-state index in [9.17, 15) is 15.2 Å². The predicted octanol–water partition coefficient (Wildman–Crippen LogP) is 3.05. The molecule has 0 spiro atoms. The number of thiophene rings is 1. The minimum atomic E-state index is -1.01. The second kappa shape index (κ2) is 5.12. The lowest BCUT2D eigenvalue weighted by molar-refractivity contribution is 0.0703. The molecular formula is C14H12N2O2S. The maximum atomic E-state index is 11.4. The smallest absolute Gasteiger partial charge is 0.346 e. The summed E-state index contributed by atoms with van der Waals surface area (Å²) in [5.74, 6) is -1.01. The molecule has 1 N–H and O–H groups in total. The van der Waals surface area contributed by atoms with E-state index in [2.05, 4.69) is 6.07 Å². The highest BCUT2D eigenvalue weighted by atomic mass is 32.1. The van der Waals surface area contributed by atoms with Gasteiger partial charge in [-0.3, -0.25) is 0 Å². The summed E-state index contributed by atoms with van der Waals surface area (Å²) in [6.07, 6.45) is 0. The third-order valence-corrected chi connectivity index (χ3v) is 4.01. The van der Waals surface area contributed by atoms with Gasteiger partial charge in [-0.2, -0.15) is 5.26 Å². The van der Waals surface area contributed by atoms with Crippen LogP contribution in [-0.4, -0.2) is 25.2 Å². The Morgan fingerprint density at radius 3 is 2.42 bits per heavy atom. The van der Waals surface area contributed by atoms with Crippen molar-refractivity contribution in [3.8, 4) is 17.2 Å². The molecule has 0 bridgehead atoms. The number of rotatable bonds is 3. The average molecular weight is 272 g/mol. The van der Waals surface area contributed by atoms with Gasteiger partial charge in [0.05, 0.1) is 5.56 Å². The quantitative estimate of drug-likeness (QED) is 0.932. The van der Waals surface area contributed by atoms with Crippen LogP contribution in [0.25, 0.3) is 11.1 Å². The van der Waals surface area contributed by atoms with Crippen LogP contribution in [0, 0.1) is 11.3 Å². The van der Waals surface area contributed by atoms with E-state index in [1.165, 1.54) is 0 Å². The Balaban J connectivity index is 2.78. The van der Waals surface area contributed by atoms with Crippen molar-refractivity contribution in [2.24, 2.45) is 0 Å². The third-order valence-electron chi connectivity index (χ3n) is 2.66. The van der Waals surface area contributed by atoms with Gasteiger partial charge < -0.3 is 10.0 Å². The van der Waals surface area contributed by atoms with Crippen LogP contribution in [0.5, 0.6) is 0 Å². The fourth-order valence-corrected chi connectivity index (χ4v) is 2.90. The Bertz CT molecular complexity index is 654. The minimum Gasteiger partial charge on any atom is -0.477 e. The molecule has 1 heterocycles. The molecule has 1 aromatic heterocycles. The molecule has 0 fully saturated rings. The number of anilines is 1. The highest BCUT2D eigenvalue weighted by molar-refractivity contribution is 7.18. The summed E-state index contributed by atoms with van der Waals surface area (Å²) < 4.78 is 0. The van der Waals surface area contributed by atoms with Crippen LogP contribution in [0.3, 0.4) is 0 Å². The van der Waals surface area contributed by atoms with Crippen molar-refractivity contribution in [1.82, 2.24) is 0 Å². The van der Waals surface area contributed by atoms with E-state index in [4.69, 9.17) is 0 Å². The topological polar surface area (TPSA) is 64.3 Å². The molecule has 5 heteroatoms. The SMILES string of the molecule is CN(C)c1sc(C(=O)O)c(-c2ccccc2)c1C#N. The molecule has 0 aliphatic carbocycles. The zero-order valence-electron chi connectivity index (χ0n) is 10.5. The van der Waals surface area contributed by atoms with Crippen LogP contribution in [-0.2, 0) is 0 Å². The zero-order valence-corrected chi connectivity index (χ0v) is 11.4. The van der Waals surface area contributed by atoms with Crippen molar-refractivity contribution in [2.45, 2.75) is 0 Å². The summed E-state index contributed by atoms with van der Waals surface area (Å²) in [6, 6.07) is 11.3. The molecule has 0 saturated heterocycles. The molecule has 1 aromatic carbocycles. The lowest BCUT2D eigenvalue weighted by Crippen LogP contribution is -2.07. The van der Waals surface area contributed by atoms with E-state index in [-0.39, 0.29) is 4.88 Å². The van der Waals surface area contributed by atoms with Gasteiger partial charge in [0, 0.05) is 19.7 Å². The fourth-order valence-electron chi connectivity index (χ4n) is 1.87. The highest BCUT2D eigenvalue weighted by Crippen LogP contribution is 2.40. The number of aromatic carboxylic acids is 1. The van der Waals surface area contributed by atoms with Gasteiger partial charge in [-0.15, -0.1) is 11.3 Å². The van der Waals surface area contributed by atoms with Crippen molar-refractivity contribution in [1.29, 1.82) is 5.26 Å². The van der Waals surface area contributed by atoms with Crippen LogP contribution >= 0.6 is 11.3 Å². The second-order valence-corrected chi connectivity index (χ2v) is 5.16. The Kier molecular flexibility index (Phi) is 3.54. The van der Waals surface area contributed by atoms with E-state index in [0.29, 0.717) is 16.1 Å². The summed E-state index contributed by atoms with van der Waals surface area (Å²) in [6.45, 7) is 0. The monoisotopic (exact) mass is 272 g/mol. The number of nitrogens with zero attached hydrogens (tertiary/aromatic N) is 2. The van der Waals surface area contributed by atoms with Crippen LogP contribution in [0.4, 0.5) is 5.00 Å². The number of carboxylic acids is 1. The molecule has 0 unspecified atom stereocenters. The number of carbonyl (C=O) groups is 1. The number of carboxylic acid groups (broad SMARTS) is 1. The molecule has 2 rings (SSSR count). The largest absolute Gasteiger partial charge is 0.477 e. The molecule has 0 aliphatic heterocycles. The molecule has 2 aromatic rings. The number of benzene rings is 1. The van der Waals surface area contributed by atoms with Crippen molar-refractivity contribution in [3.63, 3.8) is 0 Å². The third kappa shape index (κ3) is 2.30. The van der Waals surface area contributed by atoms with Crippen LogP contribution in [0.15, 0.2) is 30.3 Å². The van der Waals surface area contributed by atoms with Crippen molar-refractivity contribution in [3.05, 3.63) is 40.8 Å². The number of nitriles is 1. The van der Waals surface area contributed by atoms with Gasteiger partial charge in [0.1, 0.15) is 15.9 Å². The minimum absolute atomic E-state index is 0.200. The molecule has 96 valence electrons. The first-order valence-corrected chi connectivity index (χ1v) is 6.40. The first kappa shape index (κ1) is 13.1. The van der Waals surface area contributed by atoms with Crippen LogP contribution < -0.4 is 4.90 Å². The fraction of sp³-hybridized carbons (Fsp3) is 0.143. The zero-order chi connectivity index (χ0) is 14.0. The van der Waals surface area contributed by atoms with Gasteiger partial charge in [-0.1, -0.05) is 30.3 Å². The van der Waals surface area contributed by atoms with E-state index < -0.39 is 5.97 Å². The molecule has 0 saturated carbocycles. The van der Waals surface area contributed by atoms with E-state index in [0.717, 1.165) is 16.9 Å². The average Bonchev–Trinajstić information content (AvgIpc) is 2.79. The number of hydrogen-bond acceptors (Lipinski definition) is 4. The number of hydrogen-bond donors (Lipinski definition) is 1. The van der Waals surface area contributed by atoms with Crippen LogP contribution in [0.2, 0.25) is 0 Å². The van der Waals surface area contributed by atoms with Gasteiger partial charge in [-0.05, 0) is 5.56 Å². The Labute approximate surface area is 115 Å². The van der Waals surface area contributed by atoms with Crippen molar-refractivity contribution < 1.29 is 9.90 Å². The summed E-state index contributed by atoms with van der Waals surface area (Å²) in [5.41, 5.74) is 1.67. The Hall–Kier alpha value is -2.32. The predicted molar refractivity (Wildman–Crippen MR) is 75.8 cm³/mol. The van der Waals surface area contributed by atoms with Crippen molar-refractivity contribution >= 4 is 22.3 Å². The normalized spacial score (nSPS) is 9.95. The van der Waals surface area contributed by atoms with Crippen LogP contribution in [0.1, 0.15) is 15.2 Å². The Morgan fingerprint density at radius 1 is 1.32 bits per heavy atom. The highest BCUT2D eigenvalue weighted by Gasteiger charge is 2.24. The van der Waals surface area contributed by atoms with Gasteiger partial charge in [0.15, 0.2) is 0 Å². The molecule has 0 amide bonds. The van der Waals surface area contributed by atoms with E-state index >= 15 is 0 Å². The summed E-state index contributed by atoms with van der Waals surface area (Å²) in [4.78, 5) is 13.3. The molecule has 4 nitrogen and oxygen atoms in total. The maximum Gasteiger partial charge on any atom is 0.346 e. The lowest BCUT2D eigenvalue weighted by atomic mass is 10.0. The molecule has 0 aliphatic rings. The summed E-state index contributed by atoms with van der Waals surface area (Å²) in [7, 11) is 3.60. The molecule has 0 radical (unpaired) electrons. The molecular weight excluding hydrogens is 260 g/mol. The summed E-state index contributed by atoms with van der Waals surface area (Å²) in [5, 5.41) is 19.3. The maximum absolute atomic E-state index is 11.4. The first-order chi connectivity index (χ1) is 9.06. The molecule has 19 heavy (non-hydrogen) atoms. The standard InChI is InChI=1S/C14H12N2O2S/c1-16(2)13-10(8-15)11(12(19-13)14(17)18)9-6-4-3-5-7-9/h3-7H,1-2H3,(H,17,18). The Morgan fingerprint density at radius 2 is 1.95 bits per heavy atom. The lowest BCUT2D eigenvalue weighted by Gasteiger charge is -2.09. The van der Waals surface area contributed by atoms with Gasteiger partial charge in [0.2, 0.25) is 0 Å². The van der Waals surface area contributed by atoms with Crippen molar-refractivity contribution in [2.75, 3.05) is 19.0 Å². The van der Waals surface area contributed by atoms with Gasteiger partial charge in [-0.25, -0.2) is 4.79 Å². The second-order valence-electron chi connectivity index (χ2n) is 4.16. The van der Waals surface area contributed by atoms with Gasteiger partial charge >= 0.3 is 5.97 Å². The van der Waals surface area contributed by atoms with E-state index in [1.54, 1.807) is 19.0 Å². The van der Waals surface area contributed by atoms with E-state index in [1.807, 2.05) is 30.3 Å². The summed E-state index contributed by atoms with van der Waals surface area (Å²) >= 11 is 1.13. The molecule has 0 atom stereocenters. The van der Waals surface area contributed by atoms with Gasteiger partial charge in [0.25, 0.3) is 0 Å².